The van der Waals surface area contributed by atoms with Crippen LogP contribution in [0.3, 0.4) is 0 Å². The smallest absolute Gasteiger partial charge is 0.269 e. The van der Waals surface area contributed by atoms with Gasteiger partial charge in [0.25, 0.3) is 11.6 Å². The van der Waals surface area contributed by atoms with E-state index in [1.54, 1.807) is 4.90 Å². The van der Waals surface area contributed by atoms with Gasteiger partial charge in [-0.3, -0.25) is 14.9 Å². The zero-order chi connectivity index (χ0) is 19.5. The van der Waals surface area contributed by atoms with E-state index in [4.69, 9.17) is 4.74 Å². The van der Waals surface area contributed by atoms with E-state index in [-0.39, 0.29) is 18.2 Å². The van der Waals surface area contributed by atoms with E-state index in [1.807, 2.05) is 0 Å². The number of hydrogen-bond donors (Lipinski definition) is 1. The predicted octanol–water partition coefficient (Wildman–Crippen LogP) is 1.07. The third-order valence-corrected chi connectivity index (χ3v) is 5.27. The minimum atomic E-state index is -0.470. The summed E-state index contributed by atoms with van der Waals surface area (Å²) in [6, 6.07) is 5.72. The molecule has 0 bridgehead atoms. The van der Waals surface area contributed by atoms with E-state index in [0.717, 1.165) is 44.1 Å². The van der Waals surface area contributed by atoms with Gasteiger partial charge in [-0.05, 0) is 25.0 Å². The van der Waals surface area contributed by atoms with Crippen LogP contribution in [0, 0.1) is 10.1 Å². The van der Waals surface area contributed by atoms with Crippen molar-refractivity contribution in [2.24, 2.45) is 0 Å². The topological polar surface area (TPSA) is 115 Å². The summed E-state index contributed by atoms with van der Waals surface area (Å²) in [5, 5.41) is 22.6. The zero-order valence-corrected chi connectivity index (χ0v) is 15.4. The predicted molar refractivity (Wildman–Crippen MR) is 98.9 cm³/mol. The molecule has 1 amide bonds. The summed E-state index contributed by atoms with van der Waals surface area (Å²) in [5.41, 5.74) is -0.00722. The molecule has 2 aliphatic heterocycles. The second kappa shape index (κ2) is 7.93. The van der Waals surface area contributed by atoms with Crippen LogP contribution >= 0.6 is 0 Å². The molecule has 4 rings (SSSR count). The summed E-state index contributed by atoms with van der Waals surface area (Å²) in [5.74, 6) is 2.70. The number of likely N-dealkylation sites (tertiary alicyclic amines) is 1. The number of nitro benzene ring substituents is 1. The Morgan fingerprint density at radius 3 is 2.68 bits per heavy atom. The third kappa shape index (κ3) is 3.81. The van der Waals surface area contributed by atoms with Crippen molar-refractivity contribution >= 4 is 11.6 Å². The first kappa shape index (κ1) is 18.4. The van der Waals surface area contributed by atoms with Crippen LogP contribution in [0.2, 0.25) is 0 Å². The van der Waals surface area contributed by atoms with Crippen molar-refractivity contribution in [1.82, 2.24) is 25.0 Å². The number of carbonyl (C=O) groups excluding carboxylic acids is 1. The van der Waals surface area contributed by atoms with Gasteiger partial charge in [0.2, 0.25) is 0 Å². The molecule has 0 radical (unpaired) electrons. The van der Waals surface area contributed by atoms with Crippen LogP contribution in [0.25, 0.3) is 0 Å². The molecule has 3 heterocycles. The van der Waals surface area contributed by atoms with Gasteiger partial charge in [-0.1, -0.05) is 0 Å². The van der Waals surface area contributed by atoms with Crippen molar-refractivity contribution in [3.8, 4) is 5.75 Å². The van der Waals surface area contributed by atoms with Crippen molar-refractivity contribution in [2.45, 2.75) is 31.8 Å². The standard InChI is InChI=1S/C18H22N6O4/c25-17(12-28-15-3-1-14(2-4-15)24(26)27)22-8-5-13(6-9-22)18-21-20-16-11-19-7-10-23(16)18/h1-4,13,19H,5-12H2. The van der Waals surface area contributed by atoms with Crippen LogP contribution in [-0.4, -0.2) is 56.7 Å². The number of rotatable bonds is 5. The summed E-state index contributed by atoms with van der Waals surface area (Å²) in [6.45, 7) is 3.81. The number of carbonyl (C=O) groups is 1. The number of nitrogens with one attached hydrogen (secondary N) is 1. The summed E-state index contributed by atoms with van der Waals surface area (Å²) in [4.78, 5) is 24.4. The highest BCUT2D eigenvalue weighted by Crippen LogP contribution is 2.28. The molecule has 148 valence electrons. The maximum absolute atomic E-state index is 12.4. The summed E-state index contributed by atoms with van der Waals surface area (Å²) in [7, 11) is 0. The molecule has 1 N–H and O–H groups in total. The maximum atomic E-state index is 12.4. The minimum Gasteiger partial charge on any atom is -0.484 e. The Balaban J connectivity index is 1.28. The number of piperidine rings is 1. The molecule has 0 unspecified atom stereocenters. The highest BCUT2D eigenvalue weighted by atomic mass is 16.6. The number of hydrogen-bond acceptors (Lipinski definition) is 7. The fourth-order valence-electron chi connectivity index (χ4n) is 3.70. The van der Waals surface area contributed by atoms with Crippen LogP contribution < -0.4 is 10.1 Å². The lowest BCUT2D eigenvalue weighted by atomic mass is 9.95. The van der Waals surface area contributed by atoms with Gasteiger partial charge in [0.1, 0.15) is 17.4 Å². The average molecular weight is 386 g/mol. The van der Waals surface area contributed by atoms with E-state index < -0.39 is 4.92 Å². The van der Waals surface area contributed by atoms with Gasteiger partial charge in [0.05, 0.1) is 11.5 Å². The lowest BCUT2D eigenvalue weighted by molar-refractivity contribution is -0.384. The lowest BCUT2D eigenvalue weighted by Gasteiger charge is -2.32. The number of ether oxygens (including phenoxy) is 1. The van der Waals surface area contributed by atoms with Gasteiger partial charge in [-0.15, -0.1) is 10.2 Å². The van der Waals surface area contributed by atoms with Crippen molar-refractivity contribution in [1.29, 1.82) is 0 Å². The third-order valence-electron chi connectivity index (χ3n) is 5.27. The van der Waals surface area contributed by atoms with Gasteiger partial charge in [-0.25, -0.2) is 0 Å². The van der Waals surface area contributed by atoms with Gasteiger partial charge < -0.3 is 19.5 Å². The molecule has 0 atom stereocenters. The Morgan fingerprint density at radius 1 is 1.21 bits per heavy atom. The van der Waals surface area contributed by atoms with Gasteiger partial charge in [0.15, 0.2) is 6.61 Å². The summed E-state index contributed by atoms with van der Waals surface area (Å²) in [6.07, 6.45) is 1.71. The van der Waals surface area contributed by atoms with E-state index in [1.165, 1.54) is 24.3 Å². The van der Waals surface area contributed by atoms with Crippen molar-refractivity contribution in [3.63, 3.8) is 0 Å². The highest BCUT2D eigenvalue weighted by Gasteiger charge is 2.28. The molecule has 0 spiro atoms. The number of nitro groups is 1. The Hall–Kier alpha value is -3.01. The fraction of sp³-hybridized carbons (Fsp3) is 0.500. The second-order valence-electron chi connectivity index (χ2n) is 7.00. The Bertz CT molecular complexity index is 857. The summed E-state index contributed by atoms with van der Waals surface area (Å²) < 4.78 is 7.69. The monoisotopic (exact) mass is 386 g/mol. The molecule has 10 heteroatoms. The van der Waals surface area contributed by atoms with Crippen molar-refractivity contribution in [3.05, 3.63) is 46.0 Å². The van der Waals surface area contributed by atoms with E-state index in [9.17, 15) is 14.9 Å². The number of fused-ring (bicyclic) bond motifs is 1. The molecule has 0 saturated carbocycles. The Labute approximate surface area is 161 Å². The number of benzene rings is 1. The maximum Gasteiger partial charge on any atom is 0.269 e. The molecule has 2 aliphatic rings. The largest absolute Gasteiger partial charge is 0.484 e. The lowest BCUT2D eigenvalue weighted by Crippen LogP contribution is -2.41. The molecule has 2 aromatic rings. The van der Waals surface area contributed by atoms with Crippen LogP contribution in [0.1, 0.15) is 30.4 Å². The molecule has 0 aliphatic carbocycles. The second-order valence-corrected chi connectivity index (χ2v) is 7.00. The van der Waals surface area contributed by atoms with Gasteiger partial charge in [0, 0.05) is 44.2 Å². The number of non-ortho nitro benzene ring substituents is 1. The first-order chi connectivity index (χ1) is 13.6. The number of nitrogens with zero attached hydrogens (tertiary/aromatic N) is 5. The SMILES string of the molecule is O=C(COc1ccc([N+](=O)[O-])cc1)N1CCC(c2nnc3n2CCNC3)CC1. The Kier molecular flexibility index (Phi) is 5.20. The normalized spacial score (nSPS) is 17.2. The first-order valence-corrected chi connectivity index (χ1v) is 9.39. The molecule has 1 saturated heterocycles. The van der Waals surface area contributed by atoms with E-state index in [2.05, 4.69) is 20.1 Å². The molecule has 1 aromatic carbocycles. The fourth-order valence-corrected chi connectivity index (χ4v) is 3.70. The Morgan fingerprint density at radius 2 is 1.96 bits per heavy atom. The average Bonchev–Trinajstić information content (AvgIpc) is 3.16. The van der Waals surface area contributed by atoms with Crippen molar-refractivity contribution in [2.75, 3.05) is 26.2 Å². The number of amides is 1. The molecule has 1 fully saturated rings. The minimum absolute atomic E-state index is 0.00722. The molecular formula is C18H22N6O4. The highest BCUT2D eigenvalue weighted by molar-refractivity contribution is 5.77. The number of aromatic nitrogens is 3. The van der Waals surface area contributed by atoms with Crippen LogP contribution in [0.4, 0.5) is 5.69 Å². The molecule has 28 heavy (non-hydrogen) atoms. The summed E-state index contributed by atoms with van der Waals surface area (Å²) >= 11 is 0. The quantitative estimate of drug-likeness (QED) is 0.604. The first-order valence-electron chi connectivity index (χ1n) is 9.39. The van der Waals surface area contributed by atoms with E-state index >= 15 is 0 Å². The van der Waals surface area contributed by atoms with Crippen LogP contribution in [0.5, 0.6) is 5.75 Å². The van der Waals surface area contributed by atoms with Crippen molar-refractivity contribution < 1.29 is 14.5 Å². The van der Waals surface area contributed by atoms with Gasteiger partial charge >= 0.3 is 0 Å². The molecular weight excluding hydrogens is 364 g/mol. The van der Waals surface area contributed by atoms with E-state index in [0.29, 0.717) is 24.8 Å². The van der Waals surface area contributed by atoms with Crippen LogP contribution in [-0.2, 0) is 17.9 Å². The zero-order valence-electron chi connectivity index (χ0n) is 15.4. The molecule has 10 nitrogen and oxygen atoms in total. The van der Waals surface area contributed by atoms with Crippen LogP contribution in [0.15, 0.2) is 24.3 Å². The molecule has 1 aromatic heterocycles. The van der Waals surface area contributed by atoms with Gasteiger partial charge in [-0.2, -0.15) is 0 Å².